The van der Waals surface area contributed by atoms with Crippen LogP contribution in [-0.2, 0) is 9.36 Å². The predicted molar refractivity (Wildman–Crippen MR) is 151 cm³/mol. The summed E-state index contributed by atoms with van der Waals surface area (Å²) < 4.78 is 19.6. The van der Waals surface area contributed by atoms with E-state index in [1.807, 2.05) is 31.3 Å². The van der Waals surface area contributed by atoms with E-state index in [2.05, 4.69) is 25.5 Å². The number of nitrogens with one attached hydrogen (secondary N) is 2. The van der Waals surface area contributed by atoms with E-state index in [9.17, 15) is 9.36 Å². The molecule has 2 heterocycles. The number of methoxy groups -OCH3 is 1. The number of ether oxygens (including phenoxy) is 1. The van der Waals surface area contributed by atoms with Crippen LogP contribution in [0.25, 0.3) is 0 Å². The van der Waals surface area contributed by atoms with E-state index in [0.29, 0.717) is 46.3 Å². The molecular formula is C26H30ClN6O3P. The molecule has 11 heteroatoms. The van der Waals surface area contributed by atoms with Gasteiger partial charge in [0, 0.05) is 41.4 Å². The number of likely N-dealkylation sites (N-methyl/N-ethyl adjacent to an activating group) is 1. The first kappa shape index (κ1) is 26.7. The molecule has 4 rings (SSSR count). The smallest absolute Gasteiger partial charge is 0.252 e. The summed E-state index contributed by atoms with van der Waals surface area (Å²) in [6.07, 6.45) is 5.97. The van der Waals surface area contributed by atoms with Crippen molar-refractivity contribution in [1.29, 1.82) is 0 Å². The Morgan fingerprint density at radius 1 is 1.16 bits per heavy atom. The Kier molecular flexibility index (Phi) is 8.17. The molecule has 3 aromatic rings. The van der Waals surface area contributed by atoms with Crippen molar-refractivity contribution in [2.75, 3.05) is 55.6 Å². The molecule has 0 fully saturated rings. The Hall–Kier alpha value is -3.39. The quantitative estimate of drug-likeness (QED) is 0.305. The maximum absolute atomic E-state index is 12.7. The standard InChI is InChI=1S/C26H30ClN6O3P/c1-32-13-7-8-18(17-32)25(34)30-19-11-12-23(36-2)21(14-19)31-26-28-15-20(16-29-26)33(27)22-9-5-6-10-24(22)37(3,4)35/h5-6,8-12,14-16H,7,13,17H2,1-4H3,(H,30,34)(H,28,29,31). The number of nitrogens with zero attached hydrogens (tertiary/aromatic N) is 4. The number of aromatic nitrogens is 2. The summed E-state index contributed by atoms with van der Waals surface area (Å²) in [4.78, 5) is 23.6. The minimum Gasteiger partial charge on any atom is -0.495 e. The highest BCUT2D eigenvalue weighted by molar-refractivity contribution is 7.70. The van der Waals surface area contributed by atoms with E-state index in [1.54, 1.807) is 57.1 Å². The summed E-state index contributed by atoms with van der Waals surface area (Å²) >= 11 is 6.59. The number of hydrogen-bond acceptors (Lipinski definition) is 8. The molecule has 1 aliphatic rings. The summed E-state index contributed by atoms with van der Waals surface area (Å²) in [5.74, 6) is 0.753. The second-order valence-electron chi connectivity index (χ2n) is 9.14. The van der Waals surface area contributed by atoms with E-state index in [1.165, 1.54) is 4.42 Å². The number of rotatable bonds is 8. The van der Waals surface area contributed by atoms with Crippen LogP contribution in [0.2, 0.25) is 0 Å². The lowest BCUT2D eigenvalue weighted by Crippen LogP contribution is -2.30. The third-order valence-corrected chi connectivity index (χ3v) is 7.79. The molecule has 2 N–H and O–H groups in total. The number of anilines is 5. The lowest BCUT2D eigenvalue weighted by Gasteiger charge is -2.22. The van der Waals surface area contributed by atoms with Crippen LogP contribution < -0.4 is 25.1 Å². The first-order valence-electron chi connectivity index (χ1n) is 11.7. The summed E-state index contributed by atoms with van der Waals surface area (Å²) in [6.45, 7) is 4.96. The van der Waals surface area contributed by atoms with Crippen LogP contribution in [0.15, 0.2) is 66.5 Å². The van der Waals surface area contributed by atoms with E-state index in [4.69, 9.17) is 16.5 Å². The van der Waals surface area contributed by atoms with Gasteiger partial charge in [-0.05, 0) is 57.1 Å². The van der Waals surface area contributed by atoms with Crippen LogP contribution in [-0.4, -0.2) is 61.4 Å². The van der Waals surface area contributed by atoms with Crippen molar-refractivity contribution in [2.45, 2.75) is 6.42 Å². The predicted octanol–water partition coefficient (Wildman–Crippen LogP) is 4.97. The number of para-hydroxylation sites is 1. The molecule has 1 amide bonds. The van der Waals surface area contributed by atoms with Gasteiger partial charge in [0.05, 0.1) is 36.6 Å². The van der Waals surface area contributed by atoms with Gasteiger partial charge in [-0.1, -0.05) is 18.2 Å². The normalized spacial score (nSPS) is 14.0. The molecule has 37 heavy (non-hydrogen) atoms. The second kappa shape index (κ2) is 11.3. The third-order valence-electron chi connectivity index (χ3n) is 5.88. The third kappa shape index (κ3) is 6.49. The molecule has 194 valence electrons. The number of carbonyl (C=O) groups excluding carboxylic acids is 1. The Labute approximate surface area is 222 Å². The summed E-state index contributed by atoms with van der Waals surface area (Å²) in [7, 11) is 1.01. The summed E-state index contributed by atoms with van der Waals surface area (Å²) in [5, 5.41) is 6.76. The molecule has 0 saturated carbocycles. The van der Waals surface area contributed by atoms with Gasteiger partial charge in [0.25, 0.3) is 5.91 Å². The Balaban J connectivity index is 1.51. The molecule has 1 aliphatic heterocycles. The van der Waals surface area contributed by atoms with E-state index in [0.717, 1.165) is 18.5 Å². The van der Waals surface area contributed by atoms with Gasteiger partial charge in [-0.3, -0.25) is 4.79 Å². The van der Waals surface area contributed by atoms with Gasteiger partial charge in [-0.2, -0.15) is 0 Å². The molecule has 0 radical (unpaired) electrons. The zero-order valence-electron chi connectivity index (χ0n) is 21.2. The molecule has 0 unspecified atom stereocenters. The van der Waals surface area contributed by atoms with Crippen LogP contribution in [0.3, 0.4) is 0 Å². The van der Waals surface area contributed by atoms with Crippen molar-refractivity contribution >= 4 is 58.8 Å². The van der Waals surface area contributed by atoms with Gasteiger partial charge >= 0.3 is 0 Å². The summed E-state index contributed by atoms with van der Waals surface area (Å²) in [5.41, 5.74) is 3.09. The number of carbonyl (C=O) groups is 1. The molecule has 1 aromatic heterocycles. The SMILES string of the molecule is COc1ccc(NC(=O)C2=CCCN(C)C2)cc1Nc1ncc(N(Cl)c2ccccc2P(C)(C)=O)cn1. The molecule has 9 nitrogen and oxygen atoms in total. The lowest BCUT2D eigenvalue weighted by atomic mass is 10.1. The van der Waals surface area contributed by atoms with Crippen molar-refractivity contribution in [3.63, 3.8) is 0 Å². The summed E-state index contributed by atoms with van der Waals surface area (Å²) in [6, 6.07) is 12.6. The zero-order chi connectivity index (χ0) is 26.6. The highest BCUT2D eigenvalue weighted by Crippen LogP contribution is 2.40. The van der Waals surface area contributed by atoms with Gasteiger partial charge in [0.2, 0.25) is 5.95 Å². The van der Waals surface area contributed by atoms with E-state index in [-0.39, 0.29) is 5.91 Å². The first-order chi connectivity index (χ1) is 17.7. The first-order valence-corrected chi connectivity index (χ1v) is 14.7. The highest BCUT2D eigenvalue weighted by Gasteiger charge is 2.21. The monoisotopic (exact) mass is 540 g/mol. The number of amides is 1. The molecule has 0 saturated heterocycles. The molecule has 0 atom stereocenters. The van der Waals surface area contributed by atoms with Crippen molar-refractivity contribution < 1.29 is 14.1 Å². The Bertz CT molecular complexity index is 1360. The minimum atomic E-state index is -2.55. The molecule has 2 aromatic carbocycles. The number of benzene rings is 2. The van der Waals surface area contributed by atoms with Crippen LogP contribution in [0.4, 0.5) is 28.7 Å². The van der Waals surface area contributed by atoms with Crippen molar-refractivity contribution in [3.05, 3.63) is 66.5 Å². The fourth-order valence-electron chi connectivity index (χ4n) is 3.99. The maximum atomic E-state index is 12.7. The van der Waals surface area contributed by atoms with Gasteiger partial charge in [-0.15, -0.1) is 0 Å². The average molecular weight is 541 g/mol. The van der Waals surface area contributed by atoms with Crippen LogP contribution >= 0.6 is 18.9 Å². The number of halogens is 1. The second-order valence-corrected chi connectivity index (χ2v) is 12.7. The largest absolute Gasteiger partial charge is 0.495 e. The fraction of sp³-hybridized carbons (Fsp3) is 0.269. The van der Waals surface area contributed by atoms with Crippen LogP contribution in [0.5, 0.6) is 5.75 Å². The fourth-order valence-corrected chi connectivity index (χ4v) is 5.45. The highest BCUT2D eigenvalue weighted by atomic mass is 35.5. The Morgan fingerprint density at radius 3 is 2.57 bits per heavy atom. The molecular weight excluding hydrogens is 511 g/mol. The lowest BCUT2D eigenvalue weighted by molar-refractivity contribution is -0.113. The van der Waals surface area contributed by atoms with Gasteiger partial charge in [0.15, 0.2) is 0 Å². The van der Waals surface area contributed by atoms with E-state index < -0.39 is 7.14 Å². The van der Waals surface area contributed by atoms with Crippen LogP contribution in [0, 0.1) is 0 Å². The van der Waals surface area contributed by atoms with Crippen molar-refractivity contribution in [2.24, 2.45) is 0 Å². The molecule has 0 spiro atoms. The number of hydrogen-bond donors (Lipinski definition) is 2. The van der Waals surface area contributed by atoms with Gasteiger partial charge < -0.3 is 24.8 Å². The van der Waals surface area contributed by atoms with E-state index >= 15 is 0 Å². The van der Waals surface area contributed by atoms with Crippen molar-refractivity contribution in [3.8, 4) is 5.75 Å². The maximum Gasteiger partial charge on any atom is 0.252 e. The van der Waals surface area contributed by atoms with Crippen LogP contribution in [0.1, 0.15) is 6.42 Å². The zero-order valence-corrected chi connectivity index (χ0v) is 22.9. The Morgan fingerprint density at radius 2 is 1.89 bits per heavy atom. The average Bonchev–Trinajstić information content (AvgIpc) is 2.88. The minimum absolute atomic E-state index is 0.130. The van der Waals surface area contributed by atoms with Gasteiger partial charge in [0.1, 0.15) is 12.9 Å². The molecule has 0 aliphatic carbocycles. The molecule has 0 bridgehead atoms. The van der Waals surface area contributed by atoms with Crippen molar-refractivity contribution in [1.82, 2.24) is 14.9 Å². The van der Waals surface area contributed by atoms with Gasteiger partial charge in [-0.25, -0.2) is 14.4 Å². The topological polar surface area (TPSA) is 99.7 Å².